The Kier molecular flexibility index (Phi) is 2.84. The molecule has 2 rings (SSSR count). The van der Waals surface area contributed by atoms with Crippen LogP contribution >= 0.6 is 0 Å². The summed E-state index contributed by atoms with van der Waals surface area (Å²) < 4.78 is 4.89. The van der Waals surface area contributed by atoms with E-state index in [1.807, 2.05) is 4.90 Å². The molecule has 1 aliphatic rings. The molecule has 0 atom stereocenters. The molecule has 1 N–H and O–H groups in total. The third-order valence-electron chi connectivity index (χ3n) is 2.40. The molecule has 0 bridgehead atoms. The van der Waals surface area contributed by atoms with Crippen LogP contribution in [0.15, 0.2) is 23.0 Å². The predicted octanol–water partition coefficient (Wildman–Crippen LogP) is 0.715. The van der Waals surface area contributed by atoms with Gasteiger partial charge in [0.25, 0.3) is 5.91 Å². The van der Waals surface area contributed by atoms with Gasteiger partial charge in [-0.15, -0.1) is 0 Å². The van der Waals surface area contributed by atoms with Crippen LogP contribution in [0.1, 0.15) is 16.8 Å². The van der Waals surface area contributed by atoms with Crippen molar-refractivity contribution in [1.82, 2.24) is 10.2 Å². The minimum Gasteiger partial charge on any atom is -0.472 e. The summed E-state index contributed by atoms with van der Waals surface area (Å²) in [5, 5.41) is 3.26. The van der Waals surface area contributed by atoms with E-state index >= 15 is 0 Å². The smallest absolute Gasteiger partial charge is 0.257 e. The van der Waals surface area contributed by atoms with Gasteiger partial charge in [0.2, 0.25) is 0 Å². The highest BCUT2D eigenvalue weighted by Gasteiger charge is 2.17. The van der Waals surface area contributed by atoms with E-state index < -0.39 is 0 Å². The Hall–Kier alpha value is -1.29. The Balaban J connectivity index is 2.03. The van der Waals surface area contributed by atoms with Crippen LogP contribution in [0.5, 0.6) is 0 Å². The van der Waals surface area contributed by atoms with E-state index in [2.05, 4.69) is 5.32 Å². The van der Waals surface area contributed by atoms with Crippen LogP contribution in [0, 0.1) is 0 Å². The summed E-state index contributed by atoms with van der Waals surface area (Å²) in [7, 11) is 0. The molecular formula is C10H14N2O2. The number of rotatable bonds is 1. The van der Waals surface area contributed by atoms with E-state index in [-0.39, 0.29) is 5.91 Å². The van der Waals surface area contributed by atoms with Gasteiger partial charge in [0.15, 0.2) is 0 Å². The van der Waals surface area contributed by atoms with Crippen molar-refractivity contribution in [1.29, 1.82) is 0 Å². The Labute approximate surface area is 82.9 Å². The van der Waals surface area contributed by atoms with E-state index in [1.54, 1.807) is 6.07 Å². The fraction of sp³-hybridized carbons (Fsp3) is 0.500. The van der Waals surface area contributed by atoms with Crippen LogP contribution in [-0.2, 0) is 0 Å². The fourth-order valence-corrected chi connectivity index (χ4v) is 1.62. The molecule has 1 fully saturated rings. The number of furan rings is 1. The van der Waals surface area contributed by atoms with Crippen LogP contribution in [0.2, 0.25) is 0 Å². The molecule has 0 radical (unpaired) electrons. The Morgan fingerprint density at radius 2 is 2.36 bits per heavy atom. The molecule has 0 aliphatic carbocycles. The zero-order chi connectivity index (χ0) is 9.80. The Morgan fingerprint density at radius 1 is 1.43 bits per heavy atom. The molecule has 14 heavy (non-hydrogen) atoms. The summed E-state index contributed by atoms with van der Waals surface area (Å²) in [5.74, 6) is 0.0717. The standard InChI is InChI=1S/C10H14N2O2/c13-10(9-2-7-14-8-9)12-5-1-3-11-4-6-12/h2,7-8,11H,1,3-6H2. The molecule has 1 amide bonds. The minimum atomic E-state index is 0.0717. The highest BCUT2D eigenvalue weighted by atomic mass is 16.3. The van der Waals surface area contributed by atoms with E-state index in [0.29, 0.717) is 5.56 Å². The van der Waals surface area contributed by atoms with Crippen molar-refractivity contribution >= 4 is 5.91 Å². The SMILES string of the molecule is O=C(c1ccoc1)N1CCCNCC1. The molecule has 4 nitrogen and oxygen atoms in total. The zero-order valence-corrected chi connectivity index (χ0v) is 8.03. The van der Waals surface area contributed by atoms with Crippen LogP contribution in [0.3, 0.4) is 0 Å². The summed E-state index contributed by atoms with van der Waals surface area (Å²) in [5.41, 5.74) is 0.645. The van der Waals surface area contributed by atoms with Gasteiger partial charge >= 0.3 is 0 Å². The Morgan fingerprint density at radius 3 is 3.14 bits per heavy atom. The molecular weight excluding hydrogens is 180 g/mol. The van der Waals surface area contributed by atoms with Crippen molar-refractivity contribution in [3.63, 3.8) is 0 Å². The fourth-order valence-electron chi connectivity index (χ4n) is 1.62. The van der Waals surface area contributed by atoms with E-state index in [9.17, 15) is 4.79 Å². The van der Waals surface area contributed by atoms with Gasteiger partial charge in [-0.3, -0.25) is 4.79 Å². The molecule has 0 saturated carbocycles. The Bertz CT molecular complexity index is 287. The molecule has 76 valence electrons. The first-order valence-corrected chi connectivity index (χ1v) is 4.90. The number of carbonyl (C=O) groups is 1. The summed E-state index contributed by atoms with van der Waals surface area (Å²) >= 11 is 0. The number of nitrogens with zero attached hydrogens (tertiary/aromatic N) is 1. The van der Waals surface area contributed by atoms with Crippen molar-refractivity contribution in [2.24, 2.45) is 0 Å². The average molecular weight is 194 g/mol. The number of hydrogen-bond donors (Lipinski definition) is 1. The molecule has 1 saturated heterocycles. The maximum atomic E-state index is 11.9. The molecule has 0 aromatic carbocycles. The first-order chi connectivity index (χ1) is 6.88. The normalized spacial score (nSPS) is 17.9. The van der Waals surface area contributed by atoms with Gasteiger partial charge in [-0.1, -0.05) is 0 Å². The highest BCUT2D eigenvalue weighted by molar-refractivity contribution is 5.93. The lowest BCUT2D eigenvalue weighted by molar-refractivity contribution is 0.0765. The van der Waals surface area contributed by atoms with Gasteiger partial charge < -0.3 is 14.6 Å². The lowest BCUT2D eigenvalue weighted by Gasteiger charge is -2.18. The monoisotopic (exact) mass is 194 g/mol. The van der Waals surface area contributed by atoms with Crippen molar-refractivity contribution in [2.75, 3.05) is 26.2 Å². The minimum absolute atomic E-state index is 0.0717. The topological polar surface area (TPSA) is 45.5 Å². The summed E-state index contributed by atoms with van der Waals surface area (Å²) in [4.78, 5) is 13.7. The van der Waals surface area contributed by atoms with Crippen LogP contribution < -0.4 is 5.32 Å². The lowest BCUT2D eigenvalue weighted by Crippen LogP contribution is -2.33. The van der Waals surface area contributed by atoms with Crippen LogP contribution in [-0.4, -0.2) is 37.0 Å². The number of hydrogen-bond acceptors (Lipinski definition) is 3. The van der Waals surface area contributed by atoms with Crippen LogP contribution in [0.25, 0.3) is 0 Å². The second-order valence-corrected chi connectivity index (χ2v) is 3.41. The first-order valence-electron chi connectivity index (χ1n) is 4.90. The molecule has 1 aromatic rings. The number of carbonyl (C=O) groups excluding carboxylic acids is 1. The maximum Gasteiger partial charge on any atom is 0.257 e. The summed E-state index contributed by atoms with van der Waals surface area (Å²) in [6, 6.07) is 1.71. The molecule has 0 spiro atoms. The van der Waals surface area contributed by atoms with E-state index in [0.717, 1.165) is 32.6 Å². The third-order valence-corrected chi connectivity index (χ3v) is 2.40. The van der Waals surface area contributed by atoms with Crippen molar-refractivity contribution in [3.8, 4) is 0 Å². The zero-order valence-electron chi connectivity index (χ0n) is 8.03. The molecule has 0 unspecified atom stereocenters. The number of amides is 1. The second kappa shape index (κ2) is 4.28. The van der Waals surface area contributed by atoms with Crippen LogP contribution in [0.4, 0.5) is 0 Å². The van der Waals surface area contributed by atoms with E-state index in [4.69, 9.17) is 4.42 Å². The lowest BCUT2D eigenvalue weighted by atomic mass is 10.3. The van der Waals surface area contributed by atoms with Crippen molar-refractivity contribution in [2.45, 2.75) is 6.42 Å². The van der Waals surface area contributed by atoms with Crippen molar-refractivity contribution in [3.05, 3.63) is 24.2 Å². The largest absolute Gasteiger partial charge is 0.472 e. The third kappa shape index (κ3) is 1.96. The molecule has 4 heteroatoms. The van der Waals surface area contributed by atoms with Gasteiger partial charge in [-0.2, -0.15) is 0 Å². The first kappa shape index (κ1) is 9.27. The highest BCUT2D eigenvalue weighted by Crippen LogP contribution is 2.06. The molecule has 2 heterocycles. The molecule has 1 aliphatic heterocycles. The molecule has 1 aromatic heterocycles. The predicted molar refractivity (Wildman–Crippen MR) is 52.1 cm³/mol. The second-order valence-electron chi connectivity index (χ2n) is 3.41. The quantitative estimate of drug-likeness (QED) is 0.716. The number of nitrogens with one attached hydrogen (secondary N) is 1. The van der Waals surface area contributed by atoms with Crippen molar-refractivity contribution < 1.29 is 9.21 Å². The summed E-state index contributed by atoms with van der Waals surface area (Å²) in [6.45, 7) is 3.49. The summed E-state index contributed by atoms with van der Waals surface area (Å²) in [6.07, 6.45) is 4.05. The van der Waals surface area contributed by atoms with Gasteiger partial charge in [0, 0.05) is 19.6 Å². The maximum absolute atomic E-state index is 11.9. The van der Waals surface area contributed by atoms with Gasteiger partial charge in [-0.05, 0) is 19.0 Å². The van der Waals surface area contributed by atoms with Gasteiger partial charge in [0.05, 0.1) is 11.8 Å². The van der Waals surface area contributed by atoms with E-state index in [1.165, 1.54) is 12.5 Å². The average Bonchev–Trinajstić information content (AvgIpc) is 2.59. The van der Waals surface area contributed by atoms with Gasteiger partial charge in [-0.25, -0.2) is 0 Å². The van der Waals surface area contributed by atoms with Gasteiger partial charge in [0.1, 0.15) is 6.26 Å².